The van der Waals surface area contributed by atoms with E-state index in [0.717, 1.165) is 12.2 Å². The molecule has 1 atom stereocenters. The third-order valence-electron chi connectivity index (χ3n) is 2.87. The highest BCUT2D eigenvalue weighted by Crippen LogP contribution is 2.19. The number of sulfonamides is 1. The van der Waals surface area contributed by atoms with Crippen molar-refractivity contribution in [1.29, 1.82) is 0 Å². The molecule has 0 amide bonds. The second-order valence-corrected chi connectivity index (χ2v) is 7.55. The molecule has 0 aromatic carbocycles. The fraction of sp³-hybridized carbons (Fsp3) is 0.545. The van der Waals surface area contributed by atoms with Gasteiger partial charge < -0.3 is 4.98 Å². The molecule has 108 valence electrons. The van der Waals surface area contributed by atoms with Gasteiger partial charge in [0.25, 0.3) is 5.56 Å². The molecule has 1 heterocycles. The molecule has 1 N–H and O–H groups in total. The average molecular weight is 325 g/mol. The lowest BCUT2D eigenvalue weighted by Gasteiger charge is -2.24. The van der Waals surface area contributed by atoms with Gasteiger partial charge in [-0.25, -0.2) is 8.42 Å². The predicted octanol–water partition coefficient (Wildman–Crippen LogP) is 1.79. The van der Waals surface area contributed by atoms with E-state index < -0.39 is 15.6 Å². The third kappa shape index (κ3) is 3.98. The minimum Gasteiger partial charge on any atom is -0.326 e. The summed E-state index contributed by atoms with van der Waals surface area (Å²) in [6, 6.07) is 1.05. The van der Waals surface area contributed by atoms with E-state index in [9.17, 15) is 13.2 Å². The summed E-state index contributed by atoms with van der Waals surface area (Å²) in [5.74, 6) is 0.882. The Bertz CT molecular complexity index is 586. The standard InChI is InChI=1S/C11H17ClN2O3S2/c1-8(4-5-18-3)14(2)19(16,17)9-6-10(12)11(15)13-7-9/h6-8H,4-5H2,1-3H3,(H,13,15). The number of pyridine rings is 1. The normalized spacial score (nSPS) is 13.7. The fourth-order valence-corrected chi connectivity index (χ4v) is 3.66. The minimum absolute atomic E-state index is 0.00407. The van der Waals surface area contributed by atoms with Crippen LogP contribution in [0.25, 0.3) is 0 Å². The second kappa shape index (κ2) is 6.78. The maximum absolute atomic E-state index is 12.3. The van der Waals surface area contributed by atoms with Gasteiger partial charge in [-0.15, -0.1) is 0 Å². The Balaban J connectivity index is 3.02. The van der Waals surface area contributed by atoms with Crippen LogP contribution < -0.4 is 5.56 Å². The lowest BCUT2D eigenvalue weighted by molar-refractivity contribution is 0.382. The van der Waals surface area contributed by atoms with E-state index in [1.165, 1.54) is 23.6 Å². The van der Waals surface area contributed by atoms with E-state index in [1.54, 1.807) is 11.8 Å². The summed E-state index contributed by atoms with van der Waals surface area (Å²) in [6.07, 6.45) is 3.90. The quantitative estimate of drug-likeness (QED) is 0.866. The number of nitrogens with one attached hydrogen (secondary N) is 1. The Labute approximate surface area is 122 Å². The molecule has 0 aliphatic heterocycles. The zero-order chi connectivity index (χ0) is 14.6. The lowest BCUT2D eigenvalue weighted by atomic mass is 10.3. The summed E-state index contributed by atoms with van der Waals surface area (Å²) in [7, 11) is -2.11. The first kappa shape index (κ1) is 16.6. The van der Waals surface area contributed by atoms with Crippen LogP contribution in [0.3, 0.4) is 0 Å². The van der Waals surface area contributed by atoms with Crippen LogP contribution in [-0.2, 0) is 10.0 Å². The van der Waals surface area contributed by atoms with E-state index in [4.69, 9.17) is 11.6 Å². The molecule has 0 spiro atoms. The van der Waals surface area contributed by atoms with Gasteiger partial charge in [0, 0.05) is 19.3 Å². The second-order valence-electron chi connectivity index (χ2n) is 4.16. The van der Waals surface area contributed by atoms with E-state index in [1.807, 2.05) is 13.2 Å². The highest BCUT2D eigenvalue weighted by atomic mass is 35.5. The first-order valence-corrected chi connectivity index (χ1v) is 8.87. The molecule has 0 saturated carbocycles. The zero-order valence-corrected chi connectivity index (χ0v) is 13.4. The number of hydrogen-bond donors (Lipinski definition) is 1. The smallest absolute Gasteiger partial charge is 0.266 e. The van der Waals surface area contributed by atoms with Crippen LogP contribution in [0, 0.1) is 0 Å². The van der Waals surface area contributed by atoms with Gasteiger partial charge in [0.05, 0.1) is 4.90 Å². The Morgan fingerprint density at radius 3 is 2.68 bits per heavy atom. The highest BCUT2D eigenvalue weighted by molar-refractivity contribution is 7.98. The fourth-order valence-electron chi connectivity index (χ4n) is 1.46. The number of rotatable bonds is 6. The number of halogens is 1. The molecule has 1 aromatic rings. The summed E-state index contributed by atoms with van der Waals surface area (Å²) in [4.78, 5) is 13.5. The highest BCUT2D eigenvalue weighted by Gasteiger charge is 2.25. The molecule has 0 bridgehead atoms. The molecule has 1 aromatic heterocycles. The van der Waals surface area contributed by atoms with Gasteiger partial charge in [0.2, 0.25) is 10.0 Å². The molecule has 1 unspecified atom stereocenters. The number of nitrogens with zero attached hydrogens (tertiary/aromatic N) is 1. The SMILES string of the molecule is CSCCC(C)N(C)S(=O)(=O)c1c[nH]c(=O)c(Cl)c1. The average Bonchev–Trinajstić information content (AvgIpc) is 2.37. The van der Waals surface area contributed by atoms with Crippen molar-refractivity contribution >= 4 is 33.4 Å². The molecule has 0 aliphatic carbocycles. The molecule has 0 radical (unpaired) electrons. The van der Waals surface area contributed by atoms with Crippen molar-refractivity contribution in [3.8, 4) is 0 Å². The van der Waals surface area contributed by atoms with Gasteiger partial charge in [-0.3, -0.25) is 4.79 Å². The van der Waals surface area contributed by atoms with Gasteiger partial charge in [-0.05, 0) is 31.4 Å². The van der Waals surface area contributed by atoms with Gasteiger partial charge in [0.1, 0.15) is 5.02 Å². The lowest BCUT2D eigenvalue weighted by Crippen LogP contribution is -2.35. The Kier molecular flexibility index (Phi) is 5.91. The van der Waals surface area contributed by atoms with E-state index in [2.05, 4.69) is 4.98 Å². The van der Waals surface area contributed by atoms with Gasteiger partial charge in [-0.1, -0.05) is 11.6 Å². The predicted molar refractivity (Wildman–Crippen MR) is 79.5 cm³/mol. The largest absolute Gasteiger partial charge is 0.326 e. The van der Waals surface area contributed by atoms with Crippen molar-refractivity contribution in [2.24, 2.45) is 0 Å². The monoisotopic (exact) mass is 324 g/mol. The minimum atomic E-state index is -3.64. The number of thioether (sulfide) groups is 1. The Morgan fingerprint density at radius 1 is 1.53 bits per heavy atom. The molecule has 5 nitrogen and oxygen atoms in total. The summed E-state index contributed by atoms with van der Waals surface area (Å²) in [5.41, 5.74) is -0.501. The molecule has 0 saturated heterocycles. The summed E-state index contributed by atoms with van der Waals surface area (Å²) in [6.45, 7) is 1.85. The van der Waals surface area contributed by atoms with Crippen LogP contribution in [0.15, 0.2) is 22.0 Å². The summed E-state index contributed by atoms with van der Waals surface area (Å²) >= 11 is 7.33. The summed E-state index contributed by atoms with van der Waals surface area (Å²) < 4.78 is 26.0. The van der Waals surface area contributed by atoms with Crippen molar-refractivity contribution in [2.75, 3.05) is 19.1 Å². The van der Waals surface area contributed by atoms with E-state index in [-0.39, 0.29) is 16.0 Å². The van der Waals surface area contributed by atoms with Crippen LogP contribution in [0.1, 0.15) is 13.3 Å². The van der Waals surface area contributed by atoms with E-state index >= 15 is 0 Å². The molecular weight excluding hydrogens is 308 g/mol. The number of hydrogen-bond acceptors (Lipinski definition) is 4. The topological polar surface area (TPSA) is 70.2 Å². The van der Waals surface area contributed by atoms with Crippen LogP contribution in [0.2, 0.25) is 5.02 Å². The first-order chi connectivity index (χ1) is 8.80. The maximum atomic E-state index is 12.3. The molecule has 8 heteroatoms. The zero-order valence-electron chi connectivity index (χ0n) is 11.0. The Hall–Kier alpha value is -0.500. The van der Waals surface area contributed by atoms with Crippen molar-refractivity contribution in [2.45, 2.75) is 24.3 Å². The van der Waals surface area contributed by atoms with Gasteiger partial charge in [-0.2, -0.15) is 16.1 Å². The van der Waals surface area contributed by atoms with Crippen molar-refractivity contribution in [3.63, 3.8) is 0 Å². The maximum Gasteiger partial charge on any atom is 0.266 e. The molecule has 0 fully saturated rings. The number of aromatic amines is 1. The number of aromatic nitrogens is 1. The van der Waals surface area contributed by atoms with Crippen molar-refractivity contribution < 1.29 is 8.42 Å². The summed E-state index contributed by atoms with van der Waals surface area (Å²) in [5, 5.41) is -0.133. The molecule has 19 heavy (non-hydrogen) atoms. The first-order valence-electron chi connectivity index (χ1n) is 5.66. The van der Waals surface area contributed by atoms with Gasteiger partial charge >= 0.3 is 0 Å². The Morgan fingerprint density at radius 2 is 2.16 bits per heavy atom. The van der Waals surface area contributed by atoms with Gasteiger partial charge in [0.15, 0.2) is 0 Å². The molecule has 0 aliphatic rings. The van der Waals surface area contributed by atoms with Crippen molar-refractivity contribution in [3.05, 3.63) is 27.6 Å². The van der Waals surface area contributed by atoms with Crippen molar-refractivity contribution in [1.82, 2.24) is 9.29 Å². The third-order valence-corrected chi connectivity index (χ3v) is 5.74. The molecular formula is C11H17ClN2O3S2. The van der Waals surface area contributed by atoms with Crippen LogP contribution in [-0.4, -0.2) is 42.8 Å². The van der Waals surface area contributed by atoms with E-state index in [0.29, 0.717) is 0 Å². The van der Waals surface area contributed by atoms with Crippen LogP contribution >= 0.6 is 23.4 Å². The van der Waals surface area contributed by atoms with Crippen LogP contribution in [0.5, 0.6) is 0 Å². The molecule has 1 rings (SSSR count). The van der Waals surface area contributed by atoms with Crippen LogP contribution in [0.4, 0.5) is 0 Å². The number of H-pyrrole nitrogens is 1.